The molecule has 48 heavy (non-hydrogen) atoms. The highest BCUT2D eigenvalue weighted by atomic mass is 32.3. The summed E-state index contributed by atoms with van der Waals surface area (Å²) in [7, 11) is 0. The van der Waals surface area contributed by atoms with E-state index in [1.54, 1.807) is 70.6 Å². The van der Waals surface area contributed by atoms with Crippen molar-refractivity contribution in [3.05, 3.63) is 84.5 Å². The minimum Gasteiger partial charge on any atom is -0.207 e. The zero-order valence-corrected chi connectivity index (χ0v) is 40.1. The molecule has 7 rings (SSSR count). The van der Waals surface area contributed by atoms with Crippen molar-refractivity contribution >= 4 is 226 Å². The summed E-state index contributed by atoms with van der Waals surface area (Å²) in [6.07, 6.45) is 13.0. The highest BCUT2D eigenvalue weighted by molar-refractivity contribution is 8.44. The number of rotatable bonds is 9. The molecule has 0 amide bonds. The third-order valence-electron chi connectivity index (χ3n) is 5.95. The fourth-order valence-electron chi connectivity index (χ4n) is 3.85. The molecule has 0 unspecified atom stereocenters. The summed E-state index contributed by atoms with van der Waals surface area (Å²) in [5.74, 6) is 2.25. The summed E-state index contributed by atoms with van der Waals surface area (Å²) in [6, 6.07) is 0. The zero-order valence-electron chi connectivity index (χ0n) is 25.4. The van der Waals surface area contributed by atoms with E-state index >= 15 is 0 Å². The van der Waals surface area contributed by atoms with Crippen molar-refractivity contribution in [2.45, 2.75) is 0 Å². The number of nitrogens with zero attached hydrogens (tertiary/aromatic N) is 3. The second-order valence-corrected chi connectivity index (χ2v) is 28.6. The van der Waals surface area contributed by atoms with Gasteiger partial charge in [0.15, 0.2) is 17.5 Å². The normalized spacial score (nSPS) is 21.8. The molecule has 1 aromatic heterocycles. The van der Waals surface area contributed by atoms with E-state index in [1.807, 2.05) is 141 Å². The van der Waals surface area contributed by atoms with Crippen LogP contribution in [-0.2, 0) is 0 Å². The van der Waals surface area contributed by atoms with Gasteiger partial charge in [-0.05, 0) is 53.8 Å². The Morgan fingerprint density at radius 1 is 0.333 bits per heavy atom. The van der Waals surface area contributed by atoms with Gasteiger partial charge in [0.1, 0.15) is 0 Å². The maximum Gasteiger partial charge on any atom is 0.171 e. The summed E-state index contributed by atoms with van der Waals surface area (Å²) in [5.41, 5.74) is 0. The van der Waals surface area contributed by atoms with Crippen LogP contribution in [0.2, 0.25) is 0 Å². The van der Waals surface area contributed by atoms with Crippen molar-refractivity contribution < 1.29 is 0 Å². The van der Waals surface area contributed by atoms with Crippen molar-refractivity contribution in [1.29, 1.82) is 0 Å². The molecule has 0 aromatic carbocycles. The van der Waals surface area contributed by atoms with Crippen LogP contribution in [0, 0.1) is 0 Å². The molecule has 7 heterocycles. The number of hydrogen-bond donors (Lipinski definition) is 0. The Labute approximate surface area is 358 Å². The van der Waals surface area contributed by atoms with Gasteiger partial charge in [-0.3, -0.25) is 0 Å². The molecule has 3 nitrogen and oxygen atoms in total. The molecule has 0 saturated carbocycles. The molecule has 0 atom stereocenters. The van der Waals surface area contributed by atoms with Gasteiger partial charge < -0.3 is 0 Å². The summed E-state index contributed by atoms with van der Waals surface area (Å²) in [6.45, 7) is 0. The predicted octanol–water partition coefficient (Wildman–Crippen LogP) is 15.6. The van der Waals surface area contributed by atoms with Crippen LogP contribution in [0.25, 0.3) is 14.7 Å². The Balaban J connectivity index is 1.17. The smallest absolute Gasteiger partial charge is 0.171 e. The zero-order chi connectivity index (χ0) is 33.4. The first-order valence-electron chi connectivity index (χ1n) is 13.1. The molecule has 0 fully saturated rings. The average molecular weight is 965 g/mol. The van der Waals surface area contributed by atoms with Crippen molar-refractivity contribution in [2.24, 2.45) is 0 Å². The summed E-state index contributed by atoms with van der Waals surface area (Å²) in [5, 5.41) is 6.67. The average Bonchev–Trinajstić information content (AvgIpc) is 3.97. The number of thioether (sulfide) groups is 18. The lowest BCUT2D eigenvalue weighted by atomic mass is 10.4. The van der Waals surface area contributed by atoms with Gasteiger partial charge >= 0.3 is 0 Å². The maximum atomic E-state index is 5.14. The molecule has 0 aliphatic carbocycles. The molecular formula is C27H21N3S18. The van der Waals surface area contributed by atoms with Gasteiger partial charge in [-0.2, -0.15) is 0 Å². The van der Waals surface area contributed by atoms with Crippen LogP contribution in [-0.4, -0.2) is 52.5 Å². The number of aromatic nitrogens is 3. The van der Waals surface area contributed by atoms with Gasteiger partial charge in [-0.25, -0.2) is 15.0 Å². The van der Waals surface area contributed by atoms with Crippen molar-refractivity contribution in [1.82, 2.24) is 15.0 Å². The molecule has 1 aromatic rings. The van der Waals surface area contributed by atoms with E-state index < -0.39 is 0 Å². The lowest BCUT2D eigenvalue weighted by Gasteiger charge is -2.09. The molecule has 252 valence electrons. The van der Waals surface area contributed by atoms with Crippen molar-refractivity contribution in [3.63, 3.8) is 0 Å². The Morgan fingerprint density at radius 2 is 0.562 bits per heavy atom. The van der Waals surface area contributed by atoms with E-state index in [0.717, 1.165) is 32.2 Å². The van der Waals surface area contributed by atoms with Crippen LogP contribution < -0.4 is 0 Å². The van der Waals surface area contributed by atoms with E-state index in [9.17, 15) is 0 Å². The highest BCUT2D eigenvalue weighted by Gasteiger charge is 2.32. The van der Waals surface area contributed by atoms with E-state index in [0.29, 0.717) is 0 Å². The standard InChI is InChI=1S/C27H21N3S18/c1-31-16-17(32-2)44-25(43-16)22-37-7-10(40-22)13-28-14(11-8-38-23(41-11)26-45-18(33-3)19(34-4)46-26)30-15(29-13)12-9-39-24(42-12)27-47-20(35-5)21(36-6)48-27/h7-9H,1-6H3. The molecule has 6 aliphatic rings. The molecular weight excluding hydrogens is 944 g/mol. The van der Waals surface area contributed by atoms with Gasteiger partial charge in [-0.1, -0.05) is 141 Å². The van der Waals surface area contributed by atoms with Crippen LogP contribution in [0.1, 0.15) is 17.5 Å². The van der Waals surface area contributed by atoms with Crippen LogP contribution in [0.4, 0.5) is 0 Å². The first-order chi connectivity index (χ1) is 23.4. The third-order valence-corrected chi connectivity index (χ3v) is 30.3. The number of hydrogen-bond acceptors (Lipinski definition) is 21. The van der Waals surface area contributed by atoms with Crippen molar-refractivity contribution in [3.8, 4) is 0 Å². The molecule has 21 heteroatoms. The SMILES string of the molecule is CSC1=C(SC)SC(=C2SC=C(c3nc(C4=CSC(=C5SC(SC)=C(SC)S5)S4)nc(C4=CSC(=C5SC(SC)=C(SC)S5)S4)n3)S2)S1. The van der Waals surface area contributed by atoms with Crippen LogP contribution in [0.15, 0.2) is 67.1 Å². The van der Waals surface area contributed by atoms with E-state index in [1.165, 1.54) is 50.8 Å². The third kappa shape index (κ3) is 8.68. The van der Waals surface area contributed by atoms with Gasteiger partial charge in [0, 0.05) is 0 Å². The molecule has 0 saturated heterocycles. The monoisotopic (exact) mass is 963 g/mol. The fourth-order valence-corrected chi connectivity index (χ4v) is 26.4. The lowest BCUT2D eigenvalue weighted by molar-refractivity contribution is 0.984. The van der Waals surface area contributed by atoms with Gasteiger partial charge in [0.2, 0.25) is 0 Å². The Kier molecular flexibility index (Phi) is 14.9. The summed E-state index contributed by atoms with van der Waals surface area (Å²) < 4.78 is 16.3. The Bertz CT molecular complexity index is 1570. The molecule has 0 N–H and O–H groups in total. The molecule has 0 spiro atoms. The Hall–Kier alpha value is 2.97. The van der Waals surface area contributed by atoms with E-state index in [4.69, 9.17) is 15.0 Å². The molecule has 0 radical (unpaired) electrons. The highest BCUT2D eigenvalue weighted by Crippen LogP contribution is 2.65. The first-order valence-corrected chi connectivity index (χ1v) is 30.5. The maximum absolute atomic E-state index is 5.14. The first kappa shape index (κ1) is 39.2. The second-order valence-electron chi connectivity index (χ2n) is 8.70. The minimum atomic E-state index is 0.751. The summed E-state index contributed by atoms with van der Waals surface area (Å²) >= 11 is 33.1. The van der Waals surface area contributed by atoms with Gasteiger partial charge in [0.25, 0.3) is 0 Å². The van der Waals surface area contributed by atoms with Crippen molar-refractivity contribution in [2.75, 3.05) is 37.5 Å². The van der Waals surface area contributed by atoms with Crippen LogP contribution in [0.3, 0.4) is 0 Å². The predicted molar refractivity (Wildman–Crippen MR) is 258 cm³/mol. The van der Waals surface area contributed by atoms with Gasteiger partial charge in [0.05, 0.1) is 65.6 Å². The molecule has 6 aliphatic heterocycles. The van der Waals surface area contributed by atoms with Gasteiger partial charge in [-0.15, -0.1) is 70.6 Å². The van der Waals surface area contributed by atoms with E-state index in [2.05, 4.69) is 53.8 Å². The Morgan fingerprint density at radius 3 is 0.771 bits per heavy atom. The quantitative estimate of drug-likeness (QED) is 0.235. The van der Waals surface area contributed by atoms with E-state index in [-0.39, 0.29) is 0 Å². The molecule has 0 bridgehead atoms. The fraction of sp³-hybridized carbons (Fsp3) is 0.222. The van der Waals surface area contributed by atoms with Crippen LogP contribution >= 0.6 is 212 Å². The largest absolute Gasteiger partial charge is 0.207 e. The lowest BCUT2D eigenvalue weighted by Crippen LogP contribution is -2.04. The second kappa shape index (κ2) is 18.3. The summed E-state index contributed by atoms with van der Waals surface area (Å²) in [4.78, 5) is 18.7. The topological polar surface area (TPSA) is 38.7 Å². The van der Waals surface area contributed by atoms with Crippen LogP contribution in [0.5, 0.6) is 0 Å². The minimum absolute atomic E-state index is 0.751.